The van der Waals surface area contributed by atoms with Gasteiger partial charge in [-0.1, -0.05) is 0 Å². The van der Waals surface area contributed by atoms with Crippen LogP contribution in [0.2, 0.25) is 0 Å². The Morgan fingerprint density at radius 3 is 2.70 bits per heavy atom. The molecule has 7 heteroatoms. The average molecular weight is 297 g/mol. The van der Waals surface area contributed by atoms with Gasteiger partial charge >= 0.3 is 0 Å². The Bertz CT molecular complexity index is 710. The molecule has 0 bridgehead atoms. The van der Waals surface area contributed by atoms with E-state index in [1.165, 1.54) is 24.4 Å². The van der Waals surface area contributed by atoms with Gasteiger partial charge in [0.1, 0.15) is 10.7 Å². The van der Waals surface area contributed by atoms with Crippen molar-refractivity contribution in [3.63, 3.8) is 0 Å². The minimum atomic E-state index is -3.68. The molecule has 0 saturated carbocycles. The Labute approximate surface area is 117 Å². The molecule has 108 valence electrons. The maximum atomic E-state index is 13.0. The quantitative estimate of drug-likeness (QED) is 0.790. The third kappa shape index (κ3) is 3.17. The molecule has 1 aromatic heterocycles. The Morgan fingerprint density at radius 2 is 2.05 bits per heavy atom. The van der Waals surface area contributed by atoms with Crippen LogP contribution in [0.15, 0.2) is 35.4 Å². The monoisotopic (exact) mass is 297 g/mol. The molecule has 0 fully saturated rings. The molecule has 0 unspecified atom stereocenters. The Morgan fingerprint density at radius 1 is 1.30 bits per heavy atom. The average Bonchev–Trinajstić information content (AvgIpc) is 2.83. The Hall–Kier alpha value is -1.86. The van der Waals surface area contributed by atoms with Gasteiger partial charge in [0.25, 0.3) is 10.0 Å². The summed E-state index contributed by atoms with van der Waals surface area (Å²) in [5.41, 5.74) is 1.66. The minimum Gasteiger partial charge on any atom is -0.363 e. The lowest BCUT2D eigenvalue weighted by atomic mass is 10.2. The van der Waals surface area contributed by atoms with Crippen LogP contribution in [0.25, 0.3) is 0 Å². The number of halogens is 1. The topological polar surface area (TPSA) is 74.0 Å². The van der Waals surface area contributed by atoms with E-state index in [2.05, 4.69) is 15.0 Å². The molecule has 2 aromatic rings. The van der Waals surface area contributed by atoms with E-state index in [0.29, 0.717) is 17.8 Å². The molecule has 5 nitrogen and oxygen atoms in total. The fourth-order valence-corrected chi connectivity index (χ4v) is 2.96. The normalized spacial score (nSPS) is 11.6. The second kappa shape index (κ2) is 5.64. The predicted octanol–water partition coefficient (Wildman–Crippen LogP) is 1.98. The molecule has 0 aliphatic heterocycles. The summed E-state index contributed by atoms with van der Waals surface area (Å²) in [6.07, 6.45) is 1.42. The summed E-state index contributed by atoms with van der Waals surface area (Å²) in [6, 6.07) is 5.46. The number of aromatic nitrogens is 1. The Balaban J connectivity index is 2.26. The van der Waals surface area contributed by atoms with Crippen molar-refractivity contribution in [3.8, 4) is 0 Å². The number of hydrogen-bond donors (Lipinski definition) is 3. The molecule has 0 aliphatic carbocycles. The molecule has 0 spiro atoms. The molecule has 0 atom stereocenters. The van der Waals surface area contributed by atoms with Crippen LogP contribution in [0.3, 0.4) is 0 Å². The van der Waals surface area contributed by atoms with E-state index in [-0.39, 0.29) is 4.90 Å². The number of nitrogens with one attached hydrogen (secondary N) is 3. The fourth-order valence-electron chi connectivity index (χ4n) is 1.81. The first kappa shape index (κ1) is 14.5. The van der Waals surface area contributed by atoms with Crippen LogP contribution < -0.4 is 10.0 Å². The molecule has 1 heterocycles. The summed E-state index contributed by atoms with van der Waals surface area (Å²) >= 11 is 0. The molecule has 3 N–H and O–H groups in total. The van der Waals surface area contributed by atoms with E-state index >= 15 is 0 Å². The van der Waals surface area contributed by atoms with Crippen LogP contribution in [0.5, 0.6) is 0 Å². The first-order chi connectivity index (χ1) is 9.42. The number of anilines is 1. The minimum absolute atomic E-state index is 0.145. The lowest BCUT2D eigenvalue weighted by Crippen LogP contribution is -2.13. The first-order valence-corrected chi connectivity index (χ1v) is 7.51. The van der Waals surface area contributed by atoms with Gasteiger partial charge in [-0.15, -0.1) is 0 Å². The lowest BCUT2D eigenvalue weighted by molar-refractivity contribution is 0.601. The standard InChI is InChI=1S/C13H16FN3O2S/c1-9-5-10(14)3-4-13(9)17-20(18,19)12-6-11(7-15-2)16-8-12/h3-6,8,15-17H,7H2,1-2H3. The number of sulfonamides is 1. The van der Waals surface area contributed by atoms with Crippen molar-refractivity contribution in [1.82, 2.24) is 10.3 Å². The Kier molecular flexibility index (Phi) is 4.10. The van der Waals surface area contributed by atoms with E-state index in [1.807, 2.05) is 0 Å². The third-order valence-corrected chi connectivity index (χ3v) is 4.17. The molecule has 0 radical (unpaired) electrons. The number of rotatable bonds is 5. The zero-order valence-corrected chi connectivity index (χ0v) is 12.0. The highest BCUT2D eigenvalue weighted by Gasteiger charge is 2.17. The van der Waals surface area contributed by atoms with Gasteiger partial charge in [-0.2, -0.15) is 0 Å². The van der Waals surface area contributed by atoms with Gasteiger partial charge in [0.05, 0.1) is 5.69 Å². The highest BCUT2D eigenvalue weighted by Crippen LogP contribution is 2.20. The highest BCUT2D eigenvalue weighted by atomic mass is 32.2. The third-order valence-electron chi connectivity index (χ3n) is 2.83. The predicted molar refractivity (Wildman–Crippen MR) is 75.5 cm³/mol. The second-order valence-electron chi connectivity index (χ2n) is 4.46. The highest BCUT2D eigenvalue weighted by molar-refractivity contribution is 7.92. The summed E-state index contributed by atoms with van der Waals surface area (Å²) in [4.78, 5) is 3.03. The van der Waals surface area contributed by atoms with Gasteiger partial charge in [0, 0.05) is 18.4 Å². The number of aryl methyl sites for hydroxylation is 1. The molecule has 1 aromatic carbocycles. The smallest absolute Gasteiger partial charge is 0.263 e. The number of benzene rings is 1. The molecular formula is C13H16FN3O2S. The fraction of sp³-hybridized carbons (Fsp3) is 0.231. The van der Waals surface area contributed by atoms with E-state index in [9.17, 15) is 12.8 Å². The second-order valence-corrected chi connectivity index (χ2v) is 6.14. The summed E-state index contributed by atoms with van der Waals surface area (Å²) in [6.45, 7) is 2.19. The zero-order valence-electron chi connectivity index (χ0n) is 11.2. The van der Waals surface area contributed by atoms with Crippen LogP contribution in [-0.2, 0) is 16.6 Å². The lowest BCUT2D eigenvalue weighted by Gasteiger charge is -2.09. The maximum absolute atomic E-state index is 13.0. The molecule has 0 saturated heterocycles. The SMILES string of the molecule is CNCc1cc(S(=O)(=O)Nc2ccc(F)cc2C)c[nH]1. The van der Waals surface area contributed by atoms with Crippen molar-refractivity contribution in [3.05, 3.63) is 47.5 Å². The summed E-state index contributed by atoms with van der Waals surface area (Å²) in [5.74, 6) is -0.400. The molecular weight excluding hydrogens is 281 g/mol. The van der Waals surface area contributed by atoms with Crippen molar-refractivity contribution < 1.29 is 12.8 Å². The molecule has 2 rings (SSSR count). The summed E-state index contributed by atoms with van der Waals surface area (Å²) in [5, 5.41) is 2.93. The summed E-state index contributed by atoms with van der Waals surface area (Å²) < 4.78 is 39.9. The van der Waals surface area contributed by atoms with E-state index in [4.69, 9.17) is 0 Å². The van der Waals surface area contributed by atoms with Gasteiger partial charge in [0.2, 0.25) is 0 Å². The van der Waals surface area contributed by atoms with Gasteiger partial charge in [0.15, 0.2) is 0 Å². The van der Waals surface area contributed by atoms with E-state index < -0.39 is 15.8 Å². The zero-order chi connectivity index (χ0) is 14.8. The molecule has 0 amide bonds. The van der Waals surface area contributed by atoms with Crippen molar-refractivity contribution in [1.29, 1.82) is 0 Å². The van der Waals surface area contributed by atoms with E-state index in [1.54, 1.807) is 20.0 Å². The van der Waals surface area contributed by atoms with Crippen molar-refractivity contribution in [2.45, 2.75) is 18.4 Å². The molecule has 20 heavy (non-hydrogen) atoms. The van der Waals surface area contributed by atoms with Crippen LogP contribution in [0.1, 0.15) is 11.3 Å². The number of aromatic amines is 1. The maximum Gasteiger partial charge on any atom is 0.263 e. The molecule has 0 aliphatic rings. The van der Waals surface area contributed by atoms with Crippen LogP contribution in [0, 0.1) is 12.7 Å². The first-order valence-electron chi connectivity index (χ1n) is 6.03. The largest absolute Gasteiger partial charge is 0.363 e. The number of H-pyrrole nitrogens is 1. The van der Waals surface area contributed by atoms with Crippen molar-refractivity contribution in [2.75, 3.05) is 11.8 Å². The van der Waals surface area contributed by atoms with Crippen molar-refractivity contribution >= 4 is 15.7 Å². The van der Waals surface area contributed by atoms with Crippen LogP contribution >= 0.6 is 0 Å². The van der Waals surface area contributed by atoms with Gasteiger partial charge in [-0.3, -0.25) is 4.72 Å². The van der Waals surface area contributed by atoms with Gasteiger partial charge < -0.3 is 10.3 Å². The number of hydrogen-bond acceptors (Lipinski definition) is 3. The van der Waals surface area contributed by atoms with Crippen LogP contribution in [0.4, 0.5) is 10.1 Å². The summed E-state index contributed by atoms with van der Waals surface area (Å²) in [7, 11) is -1.90. The van der Waals surface area contributed by atoms with Gasteiger partial charge in [-0.05, 0) is 43.8 Å². The van der Waals surface area contributed by atoms with Crippen LogP contribution in [-0.4, -0.2) is 20.4 Å². The van der Waals surface area contributed by atoms with Crippen molar-refractivity contribution in [2.24, 2.45) is 0 Å². The van der Waals surface area contributed by atoms with E-state index in [0.717, 1.165) is 5.69 Å². The van der Waals surface area contributed by atoms with Gasteiger partial charge in [-0.25, -0.2) is 12.8 Å².